The fourth-order valence-corrected chi connectivity index (χ4v) is 3.81. The Kier molecular flexibility index (Phi) is 7.45. The fourth-order valence-electron chi connectivity index (χ4n) is 3.81. The van der Waals surface area contributed by atoms with Crippen molar-refractivity contribution in [1.29, 1.82) is 0 Å². The van der Waals surface area contributed by atoms with E-state index in [2.05, 4.69) is 11.9 Å². The summed E-state index contributed by atoms with van der Waals surface area (Å²) in [5.74, 6) is -0.710. The predicted molar refractivity (Wildman–Crippen MR) is 120 cm³/mol. The SMILES string of the molecule is CCCCCN1C(=O)C(=O)/C(=C(\O)c2ccc(OCCC)c(C)c2)C1c1ccccn1. The van der Waals surface area contributed by atoms with Gasteiger partial charge in [-0.3, -0.25) is 14.6 Å². The largest absolute Gasteiger partial charge is 0.507 e. The molecule has 2 heterocycles. The van der Waals surface area contributed by atoms with E-state index in [1.807, 2.05) is 19.9 Å². The number of ketones is 1. The first-order chi connectivity index (χ1) is 15.0. The zero-order valence-electron chi connectivity index (χ0n) is 18.4. The molecule has 0 radical (unpaired) electrons. The molecule has 1 saturated heterocycles. The minimum absolute atomic E-state index is 0.0850. The average Bonchev–Trinajstić information content (AvgIpc) is 3.03. The van der Waals surface area contributed by atoms with E-state index >= 15 is 0 Å². The molecular weight excluding hydrogens is 392 g/mol. The Morgan fingerprint density at radius 3 is 2.58 bits per heavy atom. The number of ether oxygens (including phenoxy) is 1. The highest BCUT2D eigenvalue weighted by Crippen LogP contribution is 2.39. The third-order valence-corrected chi connectivity index (χ3v) is 5.42. The van der Waals surface area contributed by atoms with E-state index < -0.39 is 17.7 Å². The highest BCUT2D eigenvalue weighted by Gasteiger charge is 2.46. The molecule has 0 saturated carbocycles. The van der Waals surface area contributed by atoms with Crippen LogP contribution in [-0.2, 0) is 9.59 Å². The molecule has 1 aliphatic rings. The van der Waals surface area contributed by atoms with Crippen molar-refractivity contribution in [3.05, 3.63) is 65.0 Å². The maximum atomic E-state index is 13.0. The molecule has 1 aromatic heterocycles. The second-order valence-electron chi connectivity index (χ2n) is 7.78. The van der Waals surface area contributed by atoms with Gasteiger partial charge in [0.15, 0.2) is 0 Å². The number of carbonyl (C=O) groups is 2. The van der Waals surface area contributed by atoms with Crippen molar-refractivity contribution in [3.8, 4) is 5.75 Å². The van der Waals surface area contributed by atoms with Crippen LogP contribution in [0.4, 0.5) is 0 Å². The Hall–Kier alpha value is -3.15. The smallest absolute Gasteiger partial charge is 0.295 e. The molecule has 1 fully saturated rings. The first-order valence-electron chi connectivity index (χ1n) is 10.9. The van der Waals surface area contributed by atoms with Gasteiger partial charge >= 0.3 is 0 Å². The molecule has 0 bridgehead atoms. The summed E-state index contributed by atoms with van der Waals surface area (Å²) in [5, 5.41) is 11.1. The minimum Gasteiger partial charge on any atom is -0.507 e. The molecule has 1 aromatic carbocycles. The molecule has 31 heavy (non-hydrogen) atoms. The van der Waals surface area contributed by atoms with Crippen molar-refractivity contribution in [3.63, 3.8) is 0 Å². The number of nitrogens with zero attached hydrogens (tertiary/aromatic N) is 2. The van der Waals surface area contributed by atoms with Crippen LogP contribution in [0.1, 0.15) is 62.4 Å². The quantitative estimate of drug-likeness (QED) is 0.272. The number of aromatic nitrogens is 1. The van der Waals surface area contributed by atoms with Gasteiger partial charge < -0.3 is 14.7 Å². The van der Waals surface area contributed by atoms with Crippen LogP contribution in [-0.4, -0.2) is 39.8 Å². The topological polar surface area (TPSA) is 79.7 Å². The highest BCUT2D eigenvalue weighted by molar-refractivity contribution is 6.46. The number of hydrogen-bond donors (Lipinski definition) is 1. The van der Waals surface area contributed by atoms with Crippen LogP contribution in [0.15, 0.2) is 48.2 Å². The monoisotopic (exact) mass is 422 g/mol. The van der Waals surface area contributed by atoms with Gasteiger partial charge in [-0.2, -0.15) is 0 Å². The number of pyridine rings is 1. The number of carbonyl (C=O) groups excluding carboxylic acids is 2. The predicted octanol–water partition coefficient (Wildman–Crippen LogP) is 4.79. The van der Waals surface area contributed by atoms with Gasteiger partial charge in [0.1, 0.15) is 17.6 Å². The summed E-state index contributed by atoms with van der Waals surface area (Å²) in [5.41, 5.74) is 1.99. The molecule has 1 amide bonds. The second kappa shape index (κ2) is 10.2. The number of rotatable bonds is 9. The Labute approximate surface area is 183 Å². The fraction of sp³-hybridized carbons (Fsp3) is 0.400. The van der Waals surface area contributed by atoms with Gasteiger partial charge in [-0.25, -0.2) is 0 Å². The van der Waals surface area contributed by atoms with E-state index in [9.17, 15) is 14.7 Å². The van der Waals surface area contributed by atoms with E-state index in [-0.39, 0.29) is 11.3 Å². The van der Waals surface area contributed by atoms with E-state index in [1.165, 1.54) is 4.90 Å². The van der Waals surface area contributed by atoms with Crippen molar-refractivity contribution in [2.75, 3.05) is 13.2 Å². The summed E-state index contributed by atoms with van der Waals surface area (Å²) < 4.78 is 5.71. The first kappa shape index (κ1) is 22.5. The van der Waals surface area contributed by atoms with Gasteiger partial charge in [0, 0.05) is 18.3 Å². The van der Waals surface area contributed by atoms with Gasteiger partial charge in [0.25, 0.3) is 11.7 Å². The van der Waals surface area contributed by atoms with Crippen LogP contribution in [0.2, 0.25) is 0 Å². The van der Waals surface area contributed by atoms with Crippen molar-refractivity contribution < 1.29 is 19.4 Å². The molecule has 164 valence electrons. The summed E-state index contributed by atoms with van der Waals surface area (Å²) in [6.45, 7) is 7.06. The van der Waals surface area contributed by atoms with Crippen molar-refractivity contribution in [2.24, 2.45) is 0 Å². The Bertz CT molecular complexity index is 969. The van der Waals surface area contributed by atoms with Crippen molar-refractivity contribution in [1.82, 2.24) is 9.88 Å². The molecule has 1 aliphatic heterocycles. The Balaban J connectivity index is 2.05. The summed E-state index contributed by atoms with van der Waals surface area (Å²) in [6.07, 6.45) is 5.27. The van der Waals surface area contributed by atoms with Crippen LogP contribution in [0.25, 0.3) is 5.76 Å². The lowest BCUT2D eigenvalue weighted by Crippen LogP contribution is -2.31. The van der Waals surface area contributed by atoms with Crippen molar-refractivity contribution in [2.45, 2.75) is 52.5 Å². The molecule has 3 rings (SSSR count). The van der Waals surface area contributed by atoms with E-state index in [1.54, 1.807) is 36.5 Å². The van der Waals surface area contributed by atoms with Gasteiger partial charge in [-0.1, -0.05) is 32.8 Å². The number of Topliss-reactive ketones (excluding diaryl/α,β-unsaturated/α-hetero) is 1. The van der Waals surface area contributed by atoms with Crippen LogP contribution in [0.5, 0.6) is 5.75 Å². The average molecular weight is 423 g/mol. The summed E-state index contributed by atoms with van der Waals surface area (Å²) in [4.78, 5) is 31.8. The molecular formula is C25H30N2O4. The molecule has 0 spiro atoms. The highest BCUT2D eigenvalue weighted by atomic mass is 16.5. The van der Waals surface area contributed by atoms with Gasteiger partial charge in [0.05, 0.1) is 17.9 Å². The number of aliphatic hydroxyl groups excluding tert-OH is 1. The molecule has 2 aromatic rings. The Morgan fingerprint density at radius 2 is 1.94 bits per heavy atom. The number of likely N-dealkylation sites (tertiary alicyclic amines) is 1. The normalized spacial score (nSPS) is 17.9. The third kappa shape index (κ3) is 4.79. The number of amides is 1. The maximum absolute atomic E-state index is 13.0. The molecule has 1 N–H and O–H groups in total. The number of benzene rings is 1. The van der Waals surface area contributed by atoms with Gasteiger partial charge in [-0.15, -0.1) is 0 Å². The second-order valence-corrected chi connectivity index (χ2v) is 7.78. The van der Waals surface area contributed by atoms with Crippen LogP contribution in [0.3, 0.4) is 0 Å². The van der Waals surface area contributed by atoms with E-state index in [0.29, 0.717) is 24.4 Å². The molecule has 1 unspecified atom stereocenters. The van der Waals surface area contributed by atoms with Crippen LogP contribution in [0, 0.1) is 6.92 Å². The first-order valence-corrected chi connectivity index (χ1v) is 10.9. The van der Waals surface area contributed by atoms with E-state index in [0.717, 1.165) is 37.0 Å². The van der Waals surface area contributed by atoms with Gasteiger partial charge in [0.2, 0.25) is 0 Å². The molecule has 6 heteroatoms. The molecule has 1 atom stereocenters. The van der Waals surface area contributed by atoms with Crippen LogP contribution < -0.4 is 4.74 Å². The lowest BCUT2D eigenvalue weighted by atomic mass is 9.97. The zero-order valence-corrected chi connectivity index (χ0v) is 18.4. The zero-order chi connectivity index (χ0) is 22.4. The number of unbranched alkanes of at least 4 members (excludes halogenated alkanes) is 2. The number of hydrogen-bond acceptors (Lipinski definition) is 5. The standard InChI is InChI=1S/C25H30N2O4/c1-4-6-9-14-27-22(19-10-7-8-13-26-19)21(24(29)25(27)30)23(28)18-11-12-20(17(3)16-18)31-15-5-2/h7-8,10-13,16,22,28H,4-6,9,14-15H2,1-3H3/b23-21-. The number of aryl methyl sites for hydroxylation is 1. The number of aliphatic hydroxyl groups is 1. The summed E-state index contributed by atoms with van der Waals surface area (Å²) in [7, 11) is 0. The van der Waals surface area contributed by atoms with E-state index in [4.69, 9.17) is 4.74 Å². The lowest BCUT2D eigenvalue weighted by Gasteiger charge is -2.24. The summed E-state index contributed by atoms with van der Waals surface area (Å²) >= 11 is 0. The minimum atomic E-state index is -0.700. The van der Waals surface area contributed by atoms with Crippen LogP contribution >= 0.6 is 0 Å². The van der Waals surface area contributed by atoms with Crippen molar-refractivity contribution >= 4 is 17.4 Å². The van der Waals surface area contributed by atoms with Gasteiger partial charge in [-0.05, 0) is 55.7 Å². The molecule has 6 nitrogen and oxygen atoms in total. The molecule has 0 aliphatic carbocycles. The Morgan fingerprint density at radius 1 is 1.13 bits per heavy atom. The summed E-state index contributed by atoms with van der Waals surface area (Å²) in [6, 6.07) is 9.96. The maximum Gasteiger partial charge on any atom is 0.295 e. The lowest BCUT2D eigenvalue weighted by molar-refractivity contribution is -0.140. The third-order valence-electron chi connectivity index (χ3n) is 5.42.